The fraction of sp³-hybridized carbons (Fsp3) is 0.385. The van der Waals surface area contributed by atoms with E-state index in [0.29, 0.717) is 24.3 Å². The van der Waals surface area contributed by atoms with Crippen LogP contribution in [-0.2, 0) is 0 Å². The molecule has 1 N–H and O–H groups in total. The van der Waals surface area contributed by atoms with Crippen LogP contribution in [0.3, 0.4) is 0 Å². The minimum absolute atomic E-state index is 0.0758. The Morgan fingerprint density at radius 3 is 2.94 bits per heavy atom. The molecule has 0 radical (unpaired) electrons. The van der Waals surface area contributed by atoms with Crippen molar-refractivity contribution in [2.24, 2.45) is 0 Å². The zero-order valence-corrected chi connectivity index (χ0v) is 10.1. The van der Waals surface area contributed by atoms with Crippen molar-refractivity contribution in [3.05, 3.63) is 29.8 Å². The van der Waals surface area contributed by atoms with E-state index in [1.54, 1.807) is 18.2 Å². The van der Waals surface area contributed by atoms with Crippen LogP contribution in [0.1, 0.15) is 30.6 Å². The summed E-state index contributed by atoms with van der Waals surface area (Å²) in [7, 11) is 0. The van der Waals surface area contributed by atoms with Gasteiger partial charge in [0.25, 0.3) is 5.91 Å². The van der Waals surface area contributed by atoms with Gasteiger partial charge in [-0.15, -0.1) is 0 Å². The molecule has 0 bridgehead atoms. The Bertz CT molecular complexity index is 422. The molecule has 0 fully saturated rings. The first kappa shape index (κ1) is 13.0. The van der Waals surface area contributed by atoms with Gasteiger partial charge in [-0.2, -0.15) is 5.26 Å². The Kier molecular flexibility index (Phi) is 5.02. The Morgan fingerprint density at radius 1 is 1.53 bits per heavy atom. The van der Waals surface area contributed by atoms with Crippen LogP contribution in [0.2, 0.25) is 0 Å². The molecule has 90 valence electrons. The fourth-order valence-electron chi connectivity index (χ4n) is 1.32. The summed E-state index contributed by atoms with van der Waals surface area (Å²) in [6.07, 6.45) is 0.389. The molecule has 4 nitrogen and oxygen atoms in total. The number of amides is 1. The van der Waals surface area contributed by atoms with Gasteiger partial charge in [0.05, 0.1) is 18.6 Å². The normalized spacial score (nSPS) is 9.76. The lowest BCUT2D eigenvalue weighted by Gasteiger charge is -2.10. The second-order valence-electron chi connectivity index (χ2n) is 3.86. The van der Waals surface area contributed by atoms with Gasteiger partial charge in [-0.3, -0.25) is 4.79 Å². The molecule has 17 heavy (non-hydrogen) atoms. The number of carbonyl (C=O) groups excluding carboxylic acids is 1. The average Bonchev–Trinajstić information content (AvgIpc) is 2.28. The number of ether oxygens (including phenoxy) is 1. The van der Waals surface area contributed by atoms with Crippen molar-refractivity contribution in [1.82, 2.24) is 5.32 Å². The first-order valence-corrected chi connectivity index (χ1v) is 5.55. The van der Waals surface area contributed by atoms with Gasteiger partial charge in [0, 0.05) is 12.1 Å². The predicted octanol–water partition coefficient (Wildman–Crippen LogP) is 2.12. The summed E-state index contributed by atoms with van der Waals surface area (Å²) in [5.74, 6) is 0.488. The molecule has 0 atom stereocenters. The maximum Gasteiger partial charge on any atom is 0.251 e. The highest BCUT2D eigenvalue weighted by atomic mass is 16.5. The summed E-state index contributed by atoms with van der Waals surface area (Å²) in [5, 5.41) is 11.0. The molecular weight excluding hydrogens is 216 g/mol. The molecule has 1 aromatic carbocycles. The maximum atomic E-state index is 11.7. The molecule has 1 rings (SSSR count). The second-order valence-corrected chi connectivity index (χ2v) is 3.86. The summed E-state index contributed by atoms with van der Waals surface area (Å²) < 4.78 is 5.50. The van der Waals surface area contributed by atoms with E-state index in [2.05, 4.69) is 5.32 Å². The largest absolute Gasteiger partial charge is 0.491 e. The summed E-state index contributed by atoms with van der Waals surface area (Å²) in [5.41, 5.74) is 0.543. The van der Waals surface area contributed by atoms with Gasteiger partial charge in [-0.25, -0.2) is 0 Å². The maximum absolute atomic E-state index is 11.7. The molecule has 0 aliphatic heterocycles. The van der Waals surface area contributed by atoms with E-state index >= 15 is 0 Å². The van der Waals surface area contributed by atoms with Crippen LogP contribution in [-0.4, -0.2) is 18.6 Å². The van der Waals surface area contributed by atoms with E-state index in [1.807, 2.05) is 26.0 Å². The minimum Gasteiger partial charge on any atom is -0.491 e. The Balaban J connectivity index is 2.64. The van der Waals surface area contributed by atoms with E-state index < -0.39 is 0 Å². The van der Waals surface area contributed by atoms with Crippen LogP contribution in [0.25, 0.3) is 0 Å². The van der Waals surface area contributed by atoms with E-state index in [-0.39, 0.29) is 12.0 Å². The molecule has 0 saturated heterocycles. The first-order valence-electron chi connectivity index (χ1n) is 5.55. The Labute approximate surface area is 101 Å². The van der Waals surface area contributed by atoms with E-state index in [4.69, 9.17) is 10.00 Å². The van der Waals surface area contributed by atoms with Gasteiger partial charge in [-0.1, -0.05) is 6.07 Å². The van der Waals surface area contributed by atoms with E-state index in [1.165, 1.54) is 0 Å². The van der Waals surface area contributed by atoms with Crippen molar-refractivity contribution < 1.29 is 9.53 Å². The highest BCUT2D eigenvalue weighted by Gasteiger charge is 2.06. The number of nitriles is 1. The number of hydrogen-bond donors (Lipinski definition) is 1. The topological polar surface area (TPSA) is 62.1 Å². The van der Waals surface area contributed by atoms with Gasteiger partial charge >= 0.3 is 0 Å². The molecule has 0 unspecified atom stereocenters. The van der Waals surface area contributed by atoms with Crippen molar-refractivity contribution in [2.75, 3.05) is 6.54 Å². The van der Waals surface area contributed by atoms with Gasteiger partial charge in [0.1, 0.15) is 5.75 Å². The SMILES string of the molecule is CC(C)Oc1cccc(C(=O)NCCC#N)c1. The minimum atomic E-state index is -0.186. The molecule has 4 heteroatoms. The molecule has 0 aliphatic rings. The lowest BCUT2D eigenvalue weighted by molar-refractivity contribution is 0.0954. The third-order valence-corrected chi connectivity index (χ3v) is 1.99. The molecule has 0 spiro atoms. The van der Waals surface area contributed by atoms with E-state index in [9.17, 15) is 4.79 Å². The summed E-state index contributed by atoms with van der Waals surface area (Å²) >= 11 is 0. The molecular formula is C13H16N2O2. The highest BCUT2D eigenvalue weighted by Crippen LogP contribution is 2.14. The Morgan fingerprint density at radius 2 is 2.29 bits per heavy atom. The van der Waals surface area contributed by atoms with Gasteiger partial charge < -0.3 is 10.1 Å². The molecule has 0 saturated carbocycles. The van der Waals surface area contributed by atoms with Crippen molar-refractivity contribution in [3.63, 3.8) is 0 Å². The van der Waals surface area contributed by atoms with Gasteiger partial charge in [0.2, 0.25) is 0 Å². The number of rotatable bonds is 5. The van der Waals surface area contributed by atoms with Crippen molar-refractivity contribution >= 4 is 5.91 Å². The summed E-state index contributed by atoms with van der Waals surface area (Å²) in [4.78, 5) is 11.7. The summed E-state index contributed by atoms with van der Waals surface area (Å²) in [6, 6.07) is 8.97. The molecule has 0 heterocycles. The van der Waals surface area contributed by atoms with Crippen LogP contribution >= 0.6 is 0 Å². The van der Waals surface area contributed by atoms with Crippen LogP contribution in [0.5, 0.6) is 5.75 Å². The van der Waals surface area contributed by atoms with Crippen molar-refractivity contribution in [3.8, 4) is 11.8 Å². The zero-order chi connectivity index (χ0) is 12.7. The van der Waals surface area contributed by atoms with Crippen LogP contribution < -0.4 is 10.1 Å². The second kappa shape index (κ2) is 6.54. The van der Waals surface area contributed by atoms with Crippen LogP contribution in [0, 0.1) is 11.3 Å². The zero-order valence-electron chi connectivity index (χ0n) is 10.1. The fourth-order valence-corrected chi connectivity index (χ4v) is 1.32. The number of nitrogens with one attached hydrogen (secondary N) is 1. The third kappa shape index (κ3) is 4.56. The smallest absolute Gasteiger partial charge is 0.251 e. The van der Waals surface area contributed by atoms with E-state index in [0.717, 1.165) is 0 Å². The van der Waals surface area contributed by atoms with Crippen molar-refractivity contribution in [1.29, 1.82) is 5.26 Å². The van der Waals surface area contributed by atoms with Gasteiger partial charge in [0.15, 0.2) is 0 Å². The highest BCUT2D eigenvalue weighted by molar-refractivity contribution is 5.94. The third-order valence-electron chi connectivity index (χ3n) is 1.99. The summed E-state index contributed by atoms with van der Waals surface area (Å²) in [6.45, 7) is 4.23. The molecule has 1 aromatic rings. The first-order chi connectivity index (χ1) is 8.13. The van der Waals surface area contributed by atoms with Crippen LogP contribution in [0.15, 0.2) is 24.3 Å². The number of carbonyl (C=O) groups is 1. The average molecular weight is 232 g/mol. The lowest BCUT2D eigenvalue weighted by atomic mass is 10.2. The standard InChI is InChI=1S/C13H16N2O2/c1-10(2)17-12-6-3-5-11(9-12)13(16)15-8-4-7-14/h3,5-6,9-10H,4,8H2,1-2H3,(H,15,16). The predicted molar refractivity (Wildman–Crippen MR) is 64.8 cm³/mol. The quantitative estimate of drug-likeness (QED) is 0.791. The number of benzene rings is 1. The monoisotopic (exact) mass is 232 g/mol. The molecule has 0 aliphatic carbocycles. The number of nitrogens with zero attached hydrogens (tertiary/aromatic N) is 1. The van der Waals surface area contributed by atoms with Gasteiger partial charge in [-0.05, 0) is 32.0 Å². The molecule has 0 aromatic heterocycles. The van der Waals surface area contributed by atoms with Crippen molar-refractivity contribution in [2.45, 2.75) is 26.4 Å². The lowest BCUT2D eigenvalue weighted by Crippen LogP contribution is -2.24. The number of hydrogen-bond acceptors (Lipinski definition) is 3. The molecule has 1 amide bonds. The van der Waals surface area contributed by atoms with Crippen LogP contribution in [0.4, 0.5) is 0 Å². The Hall–Kier alpha value is -2.02.